The first-order chi connectivity index (χ1) is 17.0. The number of amides is 1. The normalized spacial score (nSPS) is 11.5. The Kier molecular flexibility index (Phi) is 9.30. The Balaban J connectivity index is 2.14. The van der Waals surface area contributed by atoms with Crippen LogP contribution in [0.25, 0.3) is 0 Å². The van der Waals surface area contributed by atoms with Crippen molar-refractivity contribution in [2.45, 2.75) is 45.1 Å². The Morgan fingerprint density at radius 1 is 0.857 bits per heavy atom. The highest BCUT2D eigenvalue weighted by Gasteiger charge is 2.33. The lowest BCUT2D eigenvalue weighted by Gasteiger charge is -2.32. The summed E-state index contributed by atoms with van der Waals surface area (Å²) in [6.07, 6.45) is 4.17. The number of rotatable bonds is 12. The van der Waals surface area contributed by atoms with Crippen LogP contribution in [0, 0.1) is 0 Å². The van der Waals surface area contributed by atoms with Crippen molar-refractivity contribution in [1.29, 1.82) is 0 Å². The molecule has 0 radical (unpaired) electrons. The van der Waals surface area contributed by atoms with Gasteiger partial charge in [0.25, 0.3) is 5.91 Å². The van der Waals surface area contributed by atoms with Gasteiger partial charge in [-0.05, 0) is 48.4 Å². The summed E-state index contributed by atoms with van der Waals surface area (Å²) in [7, 11) is 3.07. The first-order valence-electron chi connectivity index (χ1n) is 11.9. The van der Waals surface area contributed by atoms with E-state index in [0.717, 1.165) is 25.7 Å². The van der Waals surface area contributed by atoms with Crippen molar-refractivity contribution in [1.82, 2.24) is 0 Å². The molecular weight excluding hydrogens is 442 g/mol. The summed E-state index contributed by atoms with van der Waals surface area (Å²) >= 11 is 0. The highest BCUT2D eigenvalue weighted by Crippen LogP contribution is 2.37. The Hall–Kier alpha value is -3.80. The predicted molar refractivity (Wildman–Crippen MR) is 137 cm³/mol. The number of hydrogen-bond acceptors (Lipinski definition) is 5. The van der Waals surface area contributed by atoms with Crippen LogP contribution in [0.5, 0.6) is 17.2 Å². The fraction of sp³-hybridized carbons (Fsp3) is 0.310. The lowest BCUT2D eigenvalue weighted by Crippen LogP contribution is -2.39. The van der Waals surface area contributed by atoms with Gasteiger partial charge < -0.3 is 14.6 Å². The van der Waals surface area contributed by atoms with Crippen molar-refractivity contribution in [3.63, 3.8) is 0 Å². The van der Waals surface area contributed by atoms with E-state index in [4.69, 9.17) is 9.47 Å². The second-order valence-corrected chi connectivity index (χ2v) is 8.35. The fourth-order valence-corrected chi connectivity index (χ4v) is 4.08. The smallest absolute Gasteiger partial charge is 0.259 e. The van der Waals surface area contributed by atoms with Crippen molar-refractivity contribution in [3.05, 3.63) is 83.9 Å². The molecule has 0 fully saturated rings. The first kappa shape index (κ1) is 25.8. The molecule has 0 bridgehead atoms. The van der Waals surface area contributed by atoms with Crippen LogP contribution in [-0.2, 0) is 4.79 Å². The van der Waals surface area contributed by atoms with Gasteiger partial charge in [0, 0.05) is 23.7 Å². The van der Waals surface area contributed by atoms with Crippen molar-refractivity contribution in [2.75, 3.05) is 19.1 Å². The van der Waals surface area contributed by atoms with Gasteiger partial charge in [-0.2, -0.15) is 0 Å². The third-order valence-electron chi connectivity index (χ3n) is 5.93. The molecule has 0 spiro atoms. The van der Waals surface area contributed by atoms with Gasteiger partial charge in [-0.3, -0.25) is 14.5 Å². The average molecular weight is 476 g/mol. The van der Waals surface area contributed by atoms with Crippen LogP contribution in [0.4, 0.5) is 5.69 Å². The largest absolute Gasteiger partial charge is 0.508 e. The van der Waals surface area contributed by atoms with E-state index in [1.807, 2.05) is 6.07 Å². The number of nitrogens with zero attached hydrogens (tertiary/aromatic N) is 1. The zero-order valence-corrected chi connectivity index (χ0v) is 20.6. The number of aromatic hydroxyl groups is 1. The molecule has 3 aromatic carbocycles. The van der Waals surface area contributed by atoms with Crippen LogP contribution in [0.1, 0.15) is 61.0 Å². The van der Waals surface area contributed by atoms with Crippen LogP contribution < -0.4 is 14.4 Å². The topological polar surface area (TPSA) is 76.1 Å². The van der Waals surface area contributed by atoms with E-state index in [2.05, 4.69) is 6.92 Å². The zero-order valence-electron chi connectivity index (χ0n) is 20.6. The molecule has 0 aliphatic carbocycles. The van der Waals surface area contributed by atoms with Crippen molar-refractivity contribution < 1.29 is 24.2 Å². The molecule has 1 N–H and O–H groups in total. The number of benzene rings is 3. The van der Waals surface area contributed by atoms with Gasteiger partial charge >= 0.3 is 0 Å². The maximum absolute atomic E-state index is 13.9. The number of anilines is 1. The summed E-state index contributed by atoms with van der Waals surface area (Å²) in [5.41, 5.74) is 1.60. The number of methoxy groups -OCH3 is 2. The Morgan fingerprint density at radius 3 is 2.17 bits per heavy atom. The summed E-state index contributed by atoms with van der Waals surface area (Å²) < 4.78 is 10.9. The van der Waals surface area contributed by atoms with Crippen LogP contribution >= 0.6 is 0 Å². The molecule has 1 unspecified atom stereocenters. The molecule has 184 valence electrons. The third-order valence-corrected chi connectivity index (χ3v) is 5.93. The monoisotopic (exact) mass is 475 g/mol. The van der Waals surface area contributed by atoms with Gasteiger partial charge in [0.2, 0.25) is 0 Å². The molecule has 1 amide bonds. The summed E-state index contributed by atoms with van der Waals surface area (Å²) in [6.45, 7) is 2.12. The van der Waals surface area contributed by atoms with Crippen molar-refractivity contribution >= 4 is 17.4 Å². The van der Waals surface area contributed by atoms with E-state index in [-0.39, 0.29) is 17.4 Å². The van der Waals surface area contributed by atoms with Crippen molar-refractivity contribution in [3.8, 4) is 17.2 Å². The molecule has 35 heavy (non-hydrogen) atoms. The summed E-state index contributed by atoms with van der Waals surface area (Å²) in [5, 5.41) is 9.85. The minimum absolute atomic E-state index is 0.0640. The van der Waals surface area contributed by atoms with Crippen molar-refractivity contribution in [2.24, 2.45) is 0 Å². The molecule has 0 aliphatic rings. The molecule has 0 heterocycles. The molecule has 6 heteroatoms. The number of hydrogen-bond donors (Lipinski definition) is 1. The predicted octanol–water partition coefficient (Wildman–Crippen LogP) is 6.34. The van der Waals surface area contributed by atoms with Gasteiger partial charge in [0.15, 0.2) is 17.3 Å². The van der Waals surface area contributed by atoms with E-state index in [9.17, 15) is 14.7 Å². The summed E-state index contributed by atoms with van der Waals surface area (Å²) in [6, 6.07) is 19.6. The molecular formula is C29H33NO5. The SMILES string of the molecule is CCCCCCC(=O)C(c1ccc(O)cc1)N(C(=O)c1ccccc1)c1ccc(OC)c(OC)c1. The van der Waals surface area contributed by atoms with Gasteiger partial charge in [-0.15, -0.1) is 0 Å². The number of phenols is 1. The number of unbranched alkanes of at least 4 members (excludes halogenated alkanes) is 3. The third kappa shape index (κ3) is 6.41. The van der Waals surface area contributed by atoms with Crippen LogP contribution in [0.3, 0.4) is 0 Å². The number of carbonyl (C=O) groups excluding carboxylic acids is 2. The van der Waals surface area contributed by atoms with Gasteiger partial charge in [0.1, 0.15) is 11.8 Å². The number of ether oxygens (including phenoxy) is 2. The van der Waals surface area contributed by atoms with Crippen LogP contribution in [-0.4, -0.2) is 31.0 Å². The molecule has 6 nitrogen and oxygen atoms in total. The standard InChI is InChI=1S/C29H33NO5/c1-4-5-6-10-13-25(32)28(21-14-17-24(31)18-15-21)30(29(33)22-11-8-7-9-12-22)23-16-19-26(34-2)27(20-23)35-3/h7-9,11-12,14-20,28,31H,4-6,10,13H2,1-3H3. The van der Waals surface area contributed by atoms with E-state index in [1.54, 1.807) is 61.7 Å². The van der Waals surface area contributed by atoms with Crippen LogP contribution in [0.2, 0.25) is 0 Å². The number of Topliss-reactive ketones (excluding diaryl/α,β-unsaturated/α-hetero) is 1. The maximum Gasteiger partial charge on any atom is 0.259 e. The maximum atomic E-state index is 13.9. The molecule has 1 atom stereocenters. The summed E-state index contributed by atoms with van der Waals surface area (Å²) in [5.74, 6) is 0.699. The lowest BCUT2D eigenvalue weighted by atomic mass is 9.95. The van der Waals surface area contributed by atoms with Gasteiger partial charge in [-0.1, -0.05) is 56.5 Å². The number of ketones is 1. The molecule has 0 aromatic heterocycles. The number of carbonyl (C=O) groups is 2. The number of phenolic OH excluding ortho intramolecular Hbond substituents is 1. The van der Waals surface area contributed by atoms with E-state index in [1.165, 1.54) is 24.1 Å². The zero-order chi connectivity index (χ0) is 25.2. The Bertz CT molecular complexity index is 1110. The van der Waals surface area contributed by atoms with E-state index < -0.39 is 6.04 Å². The van der Waals surface area contributed by atoms with Gasteiger partial charge in [-0.25, -0.2) is 0 Å². The molecule has 0 saturated heterocycles. The van der Waals surface area contributed by atoms with E-state index in [0.29, 0.717) is 34.7 Å². The molecule has 3 aromatic rings. The average Bonchev–Trinajstić information content (AvgIpc) is 2.90. The van der Waals surface area contributed by atoms with E-state index >= 15 is 0 Å². The summed E-state index contributed by atoms with van der Waals surface area (Å²) in [4.78, 5) is 29.1. The molecule has 0 aliphatic heterocycles. The highest BCUT2D eigenvalue weighted by molar-refractivity contribution is 6.10. The molecule has 0 saturated carbocycles. The second-order valence-electron chi connectivity index (χ2n) is 8.35. The highest BCUT2D eigenvalue weighted by atomic mass is 16.5. The first-order valence-corrected chi connectivity index (χ1v) is 11.9. The Labute approximate surface area is 207 Å². The Morgan fingerprint density at radius 2 is 1.54 bits per heavy atom. The lowest BCUT2D eigenvalue weighted by molar-refractivity contribution is -0.120. The fourth-order valence-electron chi connectivity index (χ4n) is 4.08. The second kappa shape index (κ2) is 12.6. The minimum Gasteiger partial charge on any atom is -0.508 e. The quantitative estimate of drug-likeness (QED) is 0.310. The van der Waals surface area contributed by atoms with Crippen LogP contribution in [0.15, 0.2) is 72.8 Å². The molecule has 3 rings (SSSR count). The minimum atomic E-state index is -0.872. The van der Waals surface area contributed by atoms with Gasteiger partial charge in [0.05, 0.1) is 14.2 Å².